The van der Waals surface area contributed by atoms with Crippen molar-refractivity contribution in [2.24, 2.45) is 0 Å². The molecular weight excluding hydrogens is 481 g/mol. The van der Waals surface area contributed by atoms with Crippen molar-refractivity contribution in [2.45, 2.75) is 20.2 Å². The Labute approximate surface area is 204 Å². The SMILES string of the molecule is C=C(C)/C(=C/C)NC(=S)NC(=O)Nc1ccc(-c2ncn(-c3ccc(OC(F)(F)F)cc3)n2)cc1. The molecule has 3 aromatic rings. The second-order valence-corrected chi connectivity index (χ2v) is 7.56. The van der Waals surface area contributed by atoms with E-state index in [1.807, 2.05) is 13.8 Å². The average Bonchev–Trinajstić information content (AvgIpc) is 3.27. The van der Waals surface area contributed by atoms with Gasteiger partial charge in [0.1, 0.15) is 12.1 Å². The number of nitrogens with one attached hydrogen (secondary N) is 3. The summed E-state index contributed by atoms with van der Waals surface area (Å²) in [6.45, 7) is 7.46. The van der Waals surface area contributed by atoms with E-state index in [1.54, 1.807) is 30.3 Å². The van der Waals surface area contributed by atoms with Crippen LogP contribution in [0.25, 0.3) is 17.1 Å². The number of amides is 2. The Hall–Kier alpha value is -4.19. The number of anilines is 1. The van der Waals surface area contributed by atoms with Crippen molar-refractivity contribution in [1.29, 1.82) is 0 Å². The highest BCUT2D eigenvalue weighted by molar-refractivity contribution is 7.80. The lowest BCUT2D eigenvalue weighted by atomic mass is 10.2. The minimum absolute atomic E-state index is 0.128. The summed E-state index contributed by atoms with van der Waals surface area (Å²) in [4.78, 5) is 16.4. The van der Waals surface area contributed by atoms with Crippen molar-refractivity contribution in [3.05, 3.63) is 78.8 Å². The van der Waals surface area contributed by atoms with Gasteiger partial charge < -0.3 is 15.4 Å². The highest BCUT2D eigenvalue weighted by Crippen LogP contribution is 2.24. The van der Waals surface area contributed by atoms with Crippen molar-refractivity contribution in [3.63, 3.8) is 0 Å². The summed E-state index contributed by atoms with van der Waals surface area (Å²) >= 11 is 5.13. The number of alkyl halides is 3. The maximum absolute atomic E-state index is 12.3. The van der Waals surface area contributed by atoms with Crippen LogP contribution in [0.5, 0.6) is 5.75 Å². The molecule has 0 aliphatic rings. The normalized spacial score (nSPS) is 11.5. The summed E-state index contributed by atoms with van der Waals surface area (Å²) in [7, 11) is 0. The Bertz CT molecular complexity index is 1250. The van der Waals surface area contributed by atoms with Gasteiger partial charge in [0.15, 0.2) is 10.9 Å². The summed E-state index contributed by atoms with van der Waals surface area (Å²) in [6.07, 6.45) is -1.53. The van der Waals surface area contributed by atoms with Crippen LogP contribution in [0.3, 0.4) is 0 Å². The number of rotatable bonds is 6. The van der Waals surface area contributed by atoms with Crippen molar-refractivity contribution in [3.8, 4) is 22.8 Å². The maximum atomic E-state index is 12.3. The Morgan fingerprint density at radius 3 is 2.34 bits per heavy atom. The molecule has 0 saturated carbocycles. The van der Waals surface area contributed by atoms with Crippen LogP contribution in [-0.4, -0.2) is 32.3 Å². The smallest absolute Gasteiger partial charge is 0.406 e. The third-order valence-electron chi connectivity index (χ3n) is 4.45. The number of hydrogen-bond acceptors (Lipinski definition) is 5. The van der Waals surface area contributed by atoms with Gasteiger partial charge in [-0.2, -0.15) is 0 Å². The molecule has 1 aromatic heterocycles. The van der Waals surface area contributed by atoms with Crippen molar-refractivity contribution < 1.29 is 22.7 Å². The Morgan fingerprint density at radius 1 is 1.11 bits per heavy atom. The summed E-state index contributed by atoms with van der Waals surface area (Å²) in [5.41, 5.74) is 3.17. The number of aromatic nitrogens is 3. The topological polar surface area (TPSA) is 93.1 Å². The summed E-state index contributed by atoms with van der Waals surface area (Å²) in [5, 5.41) is 12.5. The first-order chi connectivity index (χ1) is 16.5. The van der Waals surface area contributed by atoms with E-state index in [1.165, 1.54) is 35.3 Å². The van der Waals surface area contributed by atoms with E-state index < -0.39 is 12.4 Å². The molecule has 8 nitrogen and oxygen atoms in total. The Morgan fingerprint density at radius 2 is 1.77 bits per heavy atom. The number of urea groups is 1. The highest BCUT2D eigenvalue weighted by atomic mass is 32.1. The molecule has 35 heavy (non-hydrogen) atoms. The molecule has 0 unspecified atom stereocenters. The average molecular weight is 503 g/mol. The number of halogens is 3. The van der Waals surface area contributed by atoms with Crippen LogP contribution in [0.2, 0.25) is 0 Å². The number of carbonyl (C=O) groups excluding carboxylic acids is 1. The molecule has 2 amide bonds. The molecule has 2 aromatic carbocycles. The van der Waals surface area contributed by atoms with E-state index in [0.717, 1.165) is 5.57 Å². The molecule has 0 aliphatic heterocycles. The zero-order chi connectivity index (χ0) is 25.6. The second-order valence-electron chi connectivity index (χ2n) is 7.15. The van der Waals surface area contributed by atoms with Gasteiger partial charge in [0, 0.05) is 16.9 Å². The van der Waals surface area contributed by atoms with Crippen LogP contribution in [-0.2, 0) is 0 Å². The summed E-state index contributed by atoms with van der Waals surface area (Å²) < 4.78 is 42.2. The maximum Gasteiger partial charge on any atom is 0.573 e. The van der Waals surface area contributed by atoms with Gasteiger partial charge in [0.25, 0.3) is 0 Å². The zero-order valence-corrected chi connectivity index (χ0v) is 19.5. The molecular formula is C23H21F3N6O2S. The first kappa shape index (κ1) is 25.4. The van der Waals surface area contributed by atoms with Gasteiger partial charge in [-0.3, -0.25) is 5.32 Å². The predicted molar refractivity (Wildman–Crippen MR) is 130 cm³/mol. The van der Waals surface area contributed by atoms with Crippen LogP contribution >= 0.6 is 12.2 Å². The first-order valence-electron chi connectivity index (χ1n) is 10.1. The third-order valence-corrected chi connectivity index (χ3v) is 4.66. The van der Waals surface area contributed by atoms with Gasteiger partial charge in [-0.1, -0.05) is 12.7 Å². The number of ether oxygens (including phenoxy) is 1. The van der Waals surface area contributed by atoms with Crippen LogP contribution in [0.15, 0.2) is 78.8 Å². The molecule has 12 heteroatoms. The minimum atomic E-state index is -4.76. The van der Waals surface area contributed by atoms with Gasteiger partial charge in [-0.15, -0.1) is 18.3 Å². The van der Waals surface area contributed by atoms with Crippen LogP contribution in [0.4, 0.5) is 23.7 Å². The van der Waals surface area contributed by atoms with Gasteiger partial charge in [-0.05, 0) is 80.2 Å². The number of hydrogen-bond donors (Lipinski definition) is 3. The van der Waals surface area contributed by atoms with Crippen LogP contribution < -0.4 is 20.7 Å². The molecule has 182 valence electrons. The molecule has 1 heterocycles. The summed E-state index contributed by atoms with van der Waals surface area (Å²) in [5.74, 6) is 0.0593. The zero-order valence-electron chi connectivity index (χ0n) is 18.7. The molecule has 0 spiro atoms. The number of nitrogens with zero attached hydrogens (tertiary/aromatic N) is 3. The fourth-order valence-corrected chi connectivity index (χ4v) is 3.07. The monoisotopic (exact) mass is 502 g/mol. The number of allylic oxidation sites excluding steroid dienone is 2. The molecule has 3 N–H and O–H groups in total. The van der Waals surface area contributed by atoms with Crippen LogP contribution in [0, 0.1) is 0 Å². The van der Waals surface area contributed by atoms with E-state index in [9.17, 15) is 18.0 Å². The molecule has 0 bridgehead atoms. The van der Waals surface area contributed by atoms with Gasteiger partial charge in [0.05, 0.1) is 5.69 Å². The van der Waals surface area contributed by atoms with E-state index in [2.05, 4.69) is 37.3 Å². The highest BCUT2D eigenvalue weighted by Gasteiger charge is 2.31. The number of thiocarbonyl (C=S) groups is 1. The quantitative estimate of drug-likeness (QED) is 0.313. The molecule has 0 fully saturated rings. The van der Waals surface area contributed by atoms with Crippen LogP contribution in [0.1, 0.15) is 13.8 Å². The predicted octanol–water partition coefficient (Wildman–Crippen LogP) is 5.31. The molecule has 0 aliphatic carbocycles. The van der Waals surface area contributed by atoms with Gasteiger partial charge >= 0.3 is 12.4 Å². The molecule has 0 saturated heterocycles. The van der Waals surface area contributed by atoms with Gasteiger partial charge in [-0.25, -0.2) is 14.5 Å². The van der Waals surface area contributed by atoms with Gasteiger partial charge in [0.2, 0.25) is 0 Å². The van der Waals surface area contributed by atoms with E-state index in [4.69, 9.17) is 12.2 Å². The van der Waals surface area contributed by atoms with E-state index in [0.29, 0.717) is 28.5 Å². The standard InChI is InChI=1S/C23H21F3N6O2S/c1-4-19(14(2)3)29-22(35)30-21(33)28-16-7-5-15(6-8-16)20-27-13-32(31-20)17-9-11-18(12-10-17)34-23(24,25)26/h4-13H,2H2,1,3H3,(H3,28,29,30,33,35)/b19-4-. The molecule has 3 rings (SSSR count). The fraction of sp³-hybridized carbons (Fsp3) is 0.130. The second kappa shape index (κ2) is 10.8. The third kappa shape index (κ3) is 7.40. The lowest BCUT2D eigenvalue weighted by Crippen LogP contribution is -2.41. The van der Waals surface area contributed by atoms with Crippen molar-refractivity contribution >= 4 is 29.0 Å². The van der Waals surface area contributed by atoms with Crippen molar-refractivity contribution in [1.82, 2.24) is 25.4 Å². The summed E-state index contributed by atoms with van der Waals surface area (Å²) in [6, 6.07) is 11.5. The van der Waals surface area contributed by atoms with Crippen molar-refractivity contribution in [2.75, 3.05) is 5.32 Å². The molecule has 0 radical (unpaired) electrons. The lowest BCUT2D eigenvalue weighted by molar-refractivity contribution is -0.274. The number of carbonyl (C=O) groups is 1. The fourth-order valence-electron chi connectivity index (χ4n) is 2.87. The lowest BCUT2D eigenvalue weighted by Gasteiger charge is -2.13. The number of benzene rings is 2. The molecule has 0 atom stereocenters. The Kier molecular flexibility index (Phi) is 7.87. The first-order valence-corrected chi connectivity index (χ1v) is 10.5. The van der Waals surface area contributed by atoms with E-state index >= 15 is 0 Å². The largest absolute Gasteiger partial charge is 0.573 e. The Balaban J connectivity index is 1.60. The minimum Gasteiger partial charge on any atom is -0.406 e. The van der Waals surface area contributed by atoms with E-state index in [-0.39, 0.29) is 10.9 Å².